The molecule has 0 radical (unpaired) electrons. The van der Waals surface area contributed by atoms with Crippen LogP contribution in [0.1, 0.15) is 5.56 Å². The van der Waals surface area contributed by atoms with Gasteiger partial charge in [0, 0.05) is 49.7 Å². The third-order valence-electron chi connectivity index (χ3n) is 7.11. The van der Waals surface area contributed by atoms with Gasteiger partial charge in [-0.1, -0.05) is 60.7 Å². The molecule has 0 saturated carbocycles. The maximum absolute atomic E-state index is 12.9. The number of benzene rings is 3. The number of carbonyl (C=O) groups excluding carboxylic acids is 1. The molecule has 0 N–H and O–H groups in total. The van der Waals surface area contributed by atoms with Gasteiger partial charge in [0.1, 0.15) is 17.9 Å². The number of anilines is 1. The normalized spacial score (nSPS) is 13.8. The summed E-state index contributed by atoms with van der Waals surface area (Å²) < 4.78 is 7.34. The molecule has 0 unspecified atom stereocenters. The molecule has 1 fully saturated rings. The van der Waals surface area contributed by atoms with Gasteiger partial charge in [0.2, 0.25) is 5.91 Å². The van der Waals surface area contributed by atoms with E-state index in [2.05, 4.69) is 39.9 Å². The summed E-state index contributed by atoms with van der Waals surface area (Å²) in [6.45, 7) is 2.63. The summed E-state index contributed by atoms with van der Waals surface area (Å²) in [5, 5.41) is 1.02. The summed E-state index contributed by atoms with van der Waals surface area (Å²) in [6.07, 6.45) is 7.28. The van der Waals surface area contributed by atoms with Crippen molar-refractivity contribution in [3.63, 3.8) is 0 Å². The molecule has 1 aliphatic heterocycles. The number of carbonyl (C=O) groups is 1. The van der Waals surface area contributed by atoms with Crippen LogP contribution >= 0.6 is 0 Å². The fraction of sp³-hybridized carbons (Fsp3) is 0.156. The molecule has 0 spiro atoms. The van der Waals surface area contributed by atoms with E-state index >= 15 is 0 Å². The molecule has 1 amide bonds. The molecule has 39 heavy (non-hydrogen) atoms. The van der Waals surface area contributed by atoms with E-state index in [-0.39, 0.29) is 5.91 Å². The van der Waals surface area contributed by atoms with E-state index in [1.165, 1.54) is 0 Å². The van der Waals surface area contributed by atoms with Gasteiger partial charge in [-0.05, 0) is 41.5 Å². The van der Waals surface area contributed by atoms with Crippen molar-refractivity contribution in [2.75, 3.05) is 38.2 Å². The molecule has 3 heterocycles. The first-order chi connectivity index (χ1) is 19.2. The lowest BCUT2D eigenvalue weighted by Gasteiger charge is -2.35. The van der Waals surface area contributed by atoms with Crippen LogP contribution in [-0.2, 0) is 4.79 Å². The number of hydrogen-bond acceptors (Lipinski definition) is 5. The Morgan fingerprint density at radius 3 is 2.23 bits per heavy atom. The number of amides is 1. The lowest BCUT2D eigenvalue weighted by atomic mass is 10.1. The number of nitrogens with zero attached hydrogens (tertiary/aromatic N) is 5. The molecule has 7 heteroatoms. The van der Waals surface area contributed by atoms with Crippen LogP contribution in [0.3, 0.4) is 0 Å². The van der Waals surface area contributed by atoms with Gasteiger partial charge in [-0.15, -0.1) is 0 Å². The highest BCUT2D eigenvalue weighted by Gasteiger charge is 2.25. The standard InChI is InChI=1S/C32H29N5O2/c1-39-27-15-12-24(13-16-27)14-17-29(38)35-18-20-36(21-19-35)31-30-28(25-8-4-2-5-9-25)22-37(32(30)34-23-33-31)26-10-6-3-7-11-26/h2-17,22-23H,18-21H2,1H3. The van der Waals surface area contributed by atoms with Crippen molar-refractivity contribution in [2.24, 2.45) is 0 Å². The zero-order valence-corrected chi connectivity index (χ0v) is 21.8. The van der Waals surface area contributed by atoms with Gasteiger partial charge < -0.3 is 19.1 Å². The smallest absolute Gasteiger partial charge is 0.246 e. The van der Waals surface area contributed by atoms with Crippen LogP contribution in [-0.4, -0.2) is 58.6 Å². The SMILES string of the molecule is COc1ccc(C=CC(=O)N2CCN(c3ncnc4c3c(-c3ccccc3)cn4-c3ccccc3)CC2)cc1. The lowest BCUT2D eigenvalue weighted by molar-refractivity contribution is -0.126. The minimum atomic E-state index is 0.0125. The Balaban J connectivity index is 1.26. The number of piperazine rings is 1. The first kappa shape index (κ1) is 24.4. The highest BCUT2D eigenvalue weighted by molar-refractivity contribution is 6.02. The molecule has 0 aliphatic carbocycles. The van der Waals surface area contributed by atoms with Crippen LogP contribution in [0.5, 0.6) is 5.75 Å². The predicted octanol–water partition coefficient (Wildman–Crippen LogP) is 5.46. The Labute approximate surface area is 227 Å². The predicted molar refractivity (Wildman–Crippen MR) is 155 cm³/mol. The number of fused-ring (bicyclic) bond motifs is 1. The lowest BCUT2D eigenvalue weighted by Crippen LogP contribution is -2.48. The summed E-state index contributed by atoms with van der Waals surface area (Å²) in [5.41, 5.74) is 5.08. The molecule has 194 valence electrons. The number of rotatable bonds is 6. The average Bonchev–Trinajstić information content (AvgIpc) is 3.41. The third-order valence-corrected chi connectivity index (χ3v) is 7.11. The van der Waals surface area contributed by atoms with Crippen molar-refractivity contribution in [2.45, 2.75) is 0 Å². The topological polar surface area (TPSA) is 63.5 Å². The van der Waals surface area contributed by atoms with E-state index in [1.807, 2.05) is 71.6 Å². The number of hydrogen-bond donors (Lipinski definition) is 0. The van der Waals surface area contributed by atoms with Gasteiger partial charge in [-0.25, -0.2) is 9.97 Å². The molecule has 1 aliphatic rings. The Hall–Kier alpha value is -4.91. The highest BCUT2D eigenvalue weighted by atomic mass is 16.5. The molecule has 7 nitrogen and oxygen atoms in total. The van der Waals surface area contributed by atoms with E-state index in [1.54, 1.807) is 19.5 Å². The van der Waals surface area contributed by atoms with E-state index in [0.29, 0.717) is 26.2 Å². The Bertz CT molecular complexity index is 1600. The minimum Gasteiger partial charge on any atom is -0.497 e. The Kier molecular flexibility index (Phi) is 6.78. The maximum atomic E-state index is 12.9. The zero-order valence-electron chi connectivity index (χ0n) is 21.8. The van der Waals surface area contributed by atoms with Crippen molar-refractivity contribution in [3.05, 3.63) is 109 Å². The zero-order chi connectivity index (χ0) is 26.6. The fourth-order valence-corrected chi connectivity index (χ4v) is 5.03. The summed E-state index contributed by atoms with van der Waals surface area (Å²) in [6, 6.07) is 28.3. The van der Waals surface area contributed by atoms with E-state index < -0.39 is 0 Å². The summed E-state index contributed by atoms with van der Waals surface area (Å²) in [4.78, 5) is 26.5. The van der Waals surface area contributed by atoms with Gasteiger partial charge >= 0.3 is 0 Å². The van der Waals surface area contributed by atoms with Gasteiger partial charge in [0.25, 0.3) is 0 Å². The molecular formula is C32H29N5O2. The van der Waals surface area contributed by atoms with Crippen LogP contribution in [0.2, 0.25) is 0 Å². The van der Waals surface area contributed by atoms with Crippen LogP contribution in [0.25, 0.3) is 33.9 Å². The Morgan fingerprint density at radius 2 is 1.54 bits per heavy atom. The average molecular weight is 516 g/mol. The molecule has 0 atom stereocenters. The van der Waals surface area contributed by atoms with Crippen molar-refractivity contribution >= 4 is 28.8 Å². The molecule has 3 aromatic carbocycles. The maximum Gasteiger partial charge on any atom is 0.246 e. The van der Waals surface area contributed by atoms with Gasteiger partial charge in [0.15, 0.2) is 5.65 Å². The Morgan fingerprint density at radius 1 is 0.846 bits per heavy atom. The van der Waals surface area contributed by atoms with Crippen molar-refractivity contribution in [1.29, 1.82) is 0 Å². The molecule has 1 saturated heterocycles. The molecular weight excluding hydrogens is 486 g/mol. The third kappa shape index (κ3) is 4.99. The van der Waals surface area contributed by atoms with Gasteiger partial charge in [-0.2, -0.15) is 0 Å². The van der Waals surface area contributed by atoms with Crippen LogP contribution < -0.4 is 9.64 Å². The van der Waals surface area contributed by atoms with Crippen LogP contribution in [0, 0.1) is 0 Å². The second-order valence-corrected chi connectivity index (χ2v) is 9.43. The van der Waals surface area contributed by atoms with E-state index in [4.69, 9.17) is 14.7 Å². The van der Waals surface area contributed by atoms with Gasteiger partial charge in [0.05, 0.1) is 12.5 Å². The number of methoxy groups -OCH3 is 1. The largest absolute Gasteiger partial charge is 0.497 e. The molecule has 2 aromatic heterocycles. The van der Waals surface area contributed by atoms with E-state index in [9.17, 15) is 4.79 Å². The van der Waals surface area contributed by atoms with E-state index in [0.717, 1.165) is 45.0 Å². The molecule has 5 aromatic rings. The highest BCUT2D eigenvalue weighted by Crippen LogP contribution is 2.37. The first-order valence-electron chi connectivity index (χ1n) is 13.0. The number of ether oxygens (including phenoxy) is 1. The number of aromatic nitrogens is 3. The van der Waals surface area contributed by atoms with Crippen molar-refractivity contribution in [1.82, 2.24) is 19.4 Å². The second kappa shape index (κ2) is 10.8. The summed E-state index contributed by atoms with van der Waals surface area (Å²) >= 11 is 0. The minimum absolute atomic E-state index is 0.0125. The first-order valence-corrected chi connectivity index (χ1v) is 13.0. The fourth-order valence-electron chi connectivity index (χ4n) is 5.03. The summed E-state index contributed by atoms with van der Waals surface area (Å²) in [5.74, 6) is 1.70. The quantitative estimate of drug-likeness (QED) is 0.281. The van der Waals surface area contributed by atoms with Gasteiger partial charge in [-0.3, -0.25) is 4.79 Å². The monoisotopic (exact) mass is 515 g/mol. The van der Waals surface area contributed by atoms with Crippen molar-refractivity contribution in [3.8, 4) is 22.6 Å². The van der Waals surface area contributed by atoms with Crippen molar-refractivity contribution < 1.29 is 9.53 Å². The molecule has 6 rings (SSSR count). The second-order valence-electron chi connectivity index (χ2n) is 9.43. The summed E-state index contributed by atoms with van der Waals surface area (Å²) in [7, 11) is 1.64. The molecule has 0 bridgehead atoms. The number of para-hydroxylation sites is 1. The van der Waals surface area contributed by atoms with Crippen LogP contribution in [0.4, 0.5) is 5.82 Å². The van der Waals surface area contributed by atoms with Crippen LogP contribution in [0.15, 0.2) is 104 Å².